The first-order valence-corrected chi connectivity index (χ1v) is 6.69. The fraction of sp³-hybridized carbons (Fsp3) is 0.267. The number of hydrogen-bond acceptors (Lipinski definition) is 5. The van der Waals surface area contributed by atoms with Gasteiger partial charge in [0, 0.05) is 12.4 Å². The van der Waals surface area contributed by atoms with Crippen LogP contribution in [0.4, 0.5) is 4.79 Å². The van der Waals surface area contributed by atoms with Crippen LogP contribution in [0.15, 0.2) is 49.1 Å². The topological polar surface area (TPSA) is 73.7 Å². The number of amides is 1. The van der Waals surface area contributed by atoms with E-state index in [0.717, 1.165) is 10.6 Å². The van der Waals surface area contributed by atoms with Gasteiger partial charge in [-0.25, -0.2) is 19.2 Å². The van der Waals surface area contributed by atoms with Crippen LogP contribution in [-0.4, -0.2) is 34.9 Å². The van der Waals surface area contributed by atoms with Gasteiger partial charge in [-0.1, -0.05) is 30.3 Å². The zero-order valence-corrected chi connectivity index (χ0v) is 12.4. The Kier molecular flexibility index (Phi) is 5.13. The number of benzene rings is 1. The van der Waals surface area contributed by atoms with Crippen molar-refractivity contribution in [3.63, 3.8) is 0 Å². The molecule has 0 aliphatic heterocycles. The van der Waals surface area contributed by atoms with Crippen LogP contribution in [0, 0.1) is 0 Å². The Balaban J connectivity index is 2.11. The molecule has 7 nitrogen and oxygen atoms in total. The summed E-state index contributed by atoms with van der Waals surface area (Å²) < 4.78 is 11.3. The van der Waals surface area contributed by atoms with E-state index in [-0.39, 0.29) is 6.61 Å². The molecule has 0 saturated heterocycles. The van der Waals surface area contributed by atoms with Gasteiger partial charge in [0.2, 0.25) is 0 Å². The Morgan fingerprint density at radius 3 is 2.64 bits per heavy atom. The predicted octanol–water partition coefficient (Wildman–Crippen LogP) is 1.72. The smallest absolute Gasteiger partial charge is 0.430 e. The van der Waals surface area contributed by atoms with Crippen molar-refractivity contribution in [2.45, 2.75) is 19.6 Å². The molecule has 0 N–H and O–H groups in total. The molecule has 116 valence electrons. The molecular weight excluding hydrogens is 286 g/mol. The fourth-order valence-corrected chi connectivity index (χ4v) is 1.89. The minimum atomic E-state index is -0.845. The molecule has 0 bridgehead atoms. The molecule has 0 saturated carbocycles. The van der Waals surface area contributed by atoms with Gasteiger partial charge in [-0.3, -0.25) is 0 Å². The molecule has 22 heavy (non-hydrogen) atoms. The van der Waals surface area contributed by atoms with E-state index in [4.69, 9.17) is 4.74 Å². The number of carbonyl (C=O) groups is 2. The van der Waals surface area contributed by atoms with Gasteiger partial charge in [0.15, 0.2) is 6.04 Å². The zero-order chi connectivity index (χ0) is 15.9. The van der Waals surface area contributed by atoms with Crippen LogP contribution >= 0.6 is 0 Å². The molecule has 2 rings (SSSR count). The van der Waals surface area contributed by atoms with Crippen molar-refractivity contribution in [3.8, 4) is 0 Å². The summed E-state index contributed by atoms with van der Waals surface area (Å²) in [4.78, 5) is 27.9. The third-order valence-corrected chi connectivity index (χ3v) is 3.04. The van der Waals surface area contributed by atoms with Gasteiger partial charge >= 0.3 is 12.1 Å². The second kappa shape index (κ2) is 7.26. The van der Waals surface area contributed by atoms with Crippen LogP contribution in [0.5, 0.6) is 0 Å². The number of methoxy groups -OCH3 is 1. The summed E-state index contributed by atoms with van der Waals surface area (Å²) >= 11 is 0. The molecule has 0 spiro atoms. The summed E-state index contributed by atoms with van der Waals surface area (Å²) in [5.41, 5.74) is 0.854. The maximum Gasteiger partial charge on any atom is 0.430 e. The van der Waals surface area contributed by atoms with Crippen molar-refractivity contribution in [1.82, 2.24) is 9.66 Å². The lowest BCUT2D eigenvalue weighted by Crippen LogP contribution is -2.50. The van der Waals surface area contributed by atoms with Gasteiger partial charge in [0.05, 0.1) is 7.11 Å². The Morgan fingerprint density at radius 1 is 1.32 bits per heavy atom. The number of rotatable bonds is 5. The average Bonchev–Trinajstić information content (AvgIpc) is 3.07. The molecule has 7 heteroatoms. The summed E-state index contributed by atoms with van der Waals surface area (Å²) in [6.45, 7) is 1.66. The second-order valence-corrected chi connectivity index (χ2v) is 4.53. The largest absolute Gasteiger partial charge is 0.467 e. The summed E-state index contributed by atoms with van der Waals surface area (Å²) in [6, 6.07) is 8.43. The van der Waals surface area contributed by atoms with E-state index < -0.39 is 18.1 Å². The molecule has 0 unspecified atom stereocenters. The number of imidazole rings is 1. The van der Waals surface area contributed by atoms with Crippen LogP contribution in [0.25, 0.3) is 0 Å². The van der Waals surface area contributed by atoms with Crippen LogP contribution in [0.2, 0.25) is 0 Å². The first-order valence-electron chi connectivity index (χ1n) is 6.69. The molecule has 1 aromatic heterocycles. The van der Waals surface area contributed by atoms with E-state index in [1.165, 1.54) is 24.3 Å². The van der Waals surface area contributed by atoms with Crippen molar-refractivity contribution < 1.29 is 19.1 Å². The zero-order valence-electron chi connectivity index (χ0n) is 12.4. The Hall–Kier alpha value is -2.83. The van der Waals surface area contributed by atoms with E-state index in [2.05, 4.69) is 9.72 Å². The maximum absolute atomic E-state index is 12.3. The molecule has 1 aromatic carbocycles. The number of nitrogens with zero attached hydrogens (tertiary/aromatic N) is 3. The molecule has 1 atom stereocenters. The summed E-state index contributed by atoms with van der Waals surface area (Å²) in [6.07, 6.45) is 3.79. The lowest BCUT2D eigenvalue weighted by atomic mass is 10.2. The quantitative estimate of drug-likeness (QED) is 0.786. The van der Waals surface area contributed by atoms with E-state index >= 15 is 0 Å². The van der Waals surface area contributed by atoms with E-state index in [0.29, 0.717) is 0 Å². The number of hydrogen-bond donors (Lipinski definition) is 0. The van der Waals surface area contributed by atoms with Gasteiger partial charge in [0.1, 0.15) is 12.9 Å². The highest BCUT2D eigenvalue weighted by Crippen LogP contribution is 2.07. The molecular formula is C15H17N3O4. The Bertz CT molecular complexity index is 613. The lowest BCUT2D eigenvalue weighted by Gasteiger charge is -2.26. The molecule has 0 aliphatic rings. The van der Waals surface area contributed by atoms with Crippen LogP contribution in [-0.2, 0) is 20.9 Å². The van der Waals surface area contributed by atoms with E-state index in [1.54, 1.807) is 13.1 Å². The maximum atomic E-state index is 12.3. The minimum absolute atomic E-state index is 0.110. The van der Waals surface area contributed by atoms with Crippen LogP contribution in [0.1, 0.15) is 12.5 Å². The normalized spacial score (nSPS) is 11.5. The number of ether oxygens (including phenoxy) is 2. The Labute approximate surface area is 128 Å². The van der Waals surface area contributed by atoms with Gasteiger partial charge in [0.25, 0.3) is 0 Å². The van der Waals surface area contributed by atoms with Gasteiger partial charge in [-0.15, -0.1) is 0 Å². The monoisotopic (exact) mass is 303 g/mol. The molecule has 0 fully saturated rings. The molecule has 0 radical (unpaired) electrons. The summed E-state index contributed by atoms with van der Waals surface area (Å²) in [7, 11) is 1.26. The fourth-order valence-electron chi connectivity index (χ4n) is 1.89. The van der Waals surface area contributed by atoms with Crippen LogP contribution in [0.3, 0.4) is 0 Å². The standard InChI is InChI=1S/C15H17N3O4/c1-12(14(19)21-2)18(17-9-8-16-11-17)15(20)22-10-13-6-4-3-5-7-13/h3-9,11-12H,10H2,1-2H3/t12-/m0/s1. The first-order chi connectivity index (χ1) is 10.6. The molecule has 1 amide bonds. The molecule has 1 heterocycles. The third-order valence-electron chi connectivity index (χ3n) is 3.04. The number of carbonyl (C=O) groups excluding carboxylic acids is 2. The minimum Gasteiger partial charge on any atom is -0.467 e. The van der Waals surface area contributed by atoms with Crippen molar-refractivity contribution in [2.24, 2.45) is 0 Å². The number of esters is 1. The Morgan fingerprint density at radius 2 is 2.05 bits per heavy atom. The van der Waals surface area contributed by atoms with Gasteiger partial charge < -0.3 is 9.47 Å². The molecule has 0 aliphatic carbocycles. The highest BCUT2D eigenvalue weighted by atomic mass is 16.6. The average molecular weight is 303 g/mol. The van der Waals surface area contributed by atoms with E-state index in [9.17, 15) is 9.59 Å². The highest BCUT2D eigenvalue weighted by Gasteiger charge is 2.29. The predicted molar refractivity (Wildman–Crippen MR) is 78.5 cm³/mol. The van der Waals surface area contributed by atoms with E-state index in [1.807, 2.05) is 30.3 Å². The highest BCUT2D eigenvalue weighted by molar-refractivity contribution is 5.88. The third kappa shape index (κ3) is 3.63. The second-order valence-electron chi connectivity index (χ2n) is 4.53. The van der Waals surface area contributed by atoms with Crippen LogP contribution < -0.4 is 5.01 Å². The van der Waals surface area contributed by atoms with Gasteiger partial charge in [-0.05, 0) is 12.5 Å². The first kappa shape index (κ1) is 15.6. The van der Waals surface area contributed by atoms with Crippen molar-refractivity contribution in [2.75, 3.05) is 12.1 Å². The lowest BCUT2D eigenvalue weighted by molar-refractivity contribution is -0.142. The number of aromatic nitrogens is 2. The molecule has 2 aromatic rings. The summed E-state index contributed by atoms with van der Waals surface area (Å²) in [5, 5.41) is 1.14. The van der Waals surface area contributed by atoms with Crippen molar-refractivity contribution >= 4 is 12.1 Å². The van der Waals surface area contributed by atoms with Crippen molar-refractivity contribution in [3.05, 3.63) is 54.6 Å². The SMILES string of the molecule is COC(=O)[C@H](C)N(C(=O)OCc1ccccc1)n1ccnc1. The van der Waals surface area contributed by atoms with Crippen molar-refractivity contribution in [1.29, 1.82) is 0 Å². The van der Waals surface area contributed by atoms with Gasteiger partial charge in [-0.2, -0.15) is 5.01 Å². The summed E-state index contributed by atoms with van der Waals surface area (Å²) in [5.74, 6) is -0.551.